The third kappa shape index (κ3) is 3.57. The van der Waals surface area contributed by atoms with Crippen LogP contribution in [0.2, 0.25) is 0 Å². The van der Waals surface area contributed by atoms with Crippen molar-refractivity contribution in [1.82, 2.24) is 9.55 Å². The van der Waals surface area contributed by atoms with Crippen LogP contribution in [0.15, 0.2) is 17.2 Å². The molecule has 0 aliphatic rings. The fourth-order valence-electron chi connectivity index (χ4n) is 1.69. The van der Waals surface area contributed by atoms with E-state index in [-0.39, 0.29) is 23.2 Å². The highest BCUT2D eigenvalue weighted by Gasteiger charge is 2.21. The first-order chi connectivity index (χ1) is 8.17. The van der Waals surface area contributed by atoms with Crippen LogP contribution in [-0.4, -0.2) is 26.8 Å². The lowest BCUT2D eigenvalue weighted by Crippen LogP contribution is -2.40. The lowest BCUT2D eigenvalue weighted by Gasteiger charge is -2.27. The quantitative estimate of drug-likeness (QED) is 0.854. The van der Waals surface area contributed by atoms with Gasteiger partial charge < -0.3 is 15.0 Å². The molecule has 0 atom stereocenters. The van der Waals surface area contributed by atoms with Gasteiger partial charge in [-0.15, -0.1) is 0 Å². The molecule has 0 fully saturated rings. The summed E-state index contributed by atoms with van der Waals surface area (Å²) >= 11 is 0. The zero-order chi connectivity index (χ0) is 14.0. The number of aromatic nitrogens is 2. The molecule has 0 saturated carbocycles. The second-order valence-electron chi connectivity index (χ2n) is 6.10. The molecule has 1 heterocycles. The summed E-state index contributed by atoms with van der Waals surface area (Å²) < 4.78 is 1.65. The number of aliphatic hydroxyl groups is 1. The van der Waals surface area contributed by atoms with E-state index in [2.05, 4.69) is 10.3 Å². The second-order valence-corrected chi connectivity index (χ2v) is 6.10. The van der Waals surface area contributed by atoms with E-state index in [1.54, 1.807) is 17.0 Å². The topological polar surface area (TPSA) is 67.2 Å². The summed E-state index contributed by atoms with van der Waals surface area (Å²) in [5.41, 5.74) is -0.786. The molecular formula is C13H23N3O2. The summed E-state index contributed by atoms with van der Waals surface area (Å²) in [5, 5.41) is 12.1. The van der Waals surface area contributed by atoms with Crippen molar-refractivity contribution >= 4 is 5.82 Å². The van der Waals surface area contributed by atoms with Gasteiger partial charge in [-0.05, 0) is 41.0 Å². The molecule has 0 amide bonds. The Balaban J connectivity index is 3.10. The van der Waals surface area contributed by atoms with Crippen molar-refractivity contribution in [2.75, 3.05) is 11.9 Å². The summed E-state index contributed by atoms with van der Waals surface area (Å²) in [5.74, 6) is 0.325. The maximum Gasteiger partial charge on any atom is 0.293 e. The zero-order valence-corrected chi connectivity index (χ0v) is 11.8. The Kier molecular flexibility index (Phi) is 4.16. The molecule has 1 aromatic rings. The maximum atomic E-state index is 12.3. The van der Waals surface area contributed by atoms with Gasteiger partial charge in [-0.2, -0.15) is 0 Å². The van der Waals surface area contributed by atoms with Crippen LogP contribution in [0.25, 0.3) is 0 Å². The third-order valence-corrected chi connectivity index (χ3v) is 2.76. The Labute approximate surface area is 108 Å². The van der Waals surface area contributed by atoms with Gasteiger partial charge in [0.2, 0.25) is 0 Å². The average molecular weight is 253 g/mol. The van der Waals surface area contributed by atoms with Crippen molar-refractivity contribution in [3.05, 3.63) is 22.7 Å². The molecule has 0 saturated heterocycles. The third-order valence-electron chi connectivity index (χ3n) is 2.76. The molecule has 0 spiro atoms. The monoisotopic (exact) mass is 253 g/mol. The van der Waals surface area contributed by atoms with Crippen molar-refractivity contribution in [3.63, 3.8) is 0 Å². The number of anilines is 1. The van der Waals surface area contributed by atoms with Crippen LogP contribution in [0.5, 0.6) is 0 Å². The van der Waals surface area contributed by atoms with Crippen LogP contribution >= 0.6 is 0 Å². The van der Waals surface area contributed by atoms with Crippen LogP contribution < -0.4 is 10.9 Å². The van der Waals surface area contributed by atoms with Gasteiger partial charge >= 0.3 is 0 Å². The van der Waals surface area contributed by atoms with E-state index in [4.69, 9.17) is 5.11 Å². The first-order valence-electron chi connectivity index (χ1n) is 6.14. The first-order valence-corrected chi connectivity index (χ1v) is 6.14. The van der Waals surface area contributed by atoms with Crippen molar-refractivity contribution in [2.24, 2.45) is 0 Å². The largest absolute Gasteiger partial charge is 0.396 e. The number of aliphatic hydroxyl groups excluding tert-OH is 1. The average Bonchev–Trinajstić information content (AvgIpc) is 2.18. The lowest BCUT2D eigenvalue weighted by atomic mass is 10.0. The van der Waals surface area contributed by atoms with Gasteiger partial charge in [0.15, 0.2) is 5.82 Å². The van der Waals surface area contributed by atoms with Crippen LogP contribution in [0.3, 0.4) is 0 Å². The van der Waals surface area contributed by atoms with Crippen molar-refractivity contribution in [2.45, 2.75) is 52.1 Å². The van der Waals surface area contributed by atoms with E-state index in [1.165, 1.54) is 0 Å². The van der Waals surface area contributed by atoms with Crippen molar-refractivity contribution < 1.29 is 5.11 Å². The SMILES string of the molecule is CC(C)(CCO)Nc1nccn(C(C)(C)C)c1=O. The highest BCUT2D eigenvalue weighted by molar-refractivity contribution is 5.34. The summed E-state index contributed by atoms with van der Waals surface area (Å²) in [7, 11) is 0. The molecule has 102 valence electrons. The molecule has 0 aliphatic carbocycles. The highest BCUT2D eigenvalue weighted by Crippen LogP contribution is 2.15. The van der Waals surface area contributed by atoms with E-state index in [0.29, 0.717) is 12.2 Å². The number of nitrogens with zero attached hydrogens (tertiary/aromatic N) is 2. The molecule has 0 aliphatic heterocycles. The number of rotatable bonds is 4. The molecule has 0 radical (unpaired) electrons. The number of nitrogens with one attached hydrogen (secondary N) is 1. The molecule has 0 unspecified atom stereocenters. The summed E-state index contributed by atoms with van der Waals surface area (Å²) in [6.45, 7) is 9.84. The molecule has 1 rings (SSSR count). The van der Waals surface area contributed by atoms with E-state index in [0.717, 1.165) is 0 Å². The van der Waals surface area contributed by atoms with Crippen molar-refractivity contribution in [1.29, 1.82) is 0 Å². The molecule has 1 aromatic heterocycles. The first kappa shape index (κ1) is 14.7. The van der Waals surface area contributed by atoms with Gasteiger partial charge in [0.25, 0.3) is 5.56 Å². The smallest absolute Gasteiger partial charge is 0.293 e. The molecule has 0 bridgehead atoms. The van der Waals surface area contributed by atoms with E-state index >= 15 is 0 Å². The van der Waals surface area contributed by atoms with Crippen LogP contribution in [0.1, 0.15) is 41.0 Å². The molecule has 5 nitrogen and oxygen atoms in total. The van der Waals surface area contributed by atoms with Crippen LogP contribution in [0.4, 0.5) is 5.82 Å². The zero-order valence-electron chi connectivity index (χ0n) is 11.8. The normalized spacial score (nSPS) is 12.6. The minimum atomic E-state index is -0.363. The predicted octanol–water partition coefficient (Wildman–Crippen LogP) is 1.57. The minimum Gasteiger partial charge on any atom is -0.396 e. The maximum absolute atomic E-state index is 12.3. The summed E-state index contributed by atoms with van der Waals surface area (Å²) in [6, 6.07) is 0. The summed E-state index contributed by atoms with van der Waals surface area (Å²) in [4.78, 5) is 16.4. The number of hydrogen-bond acceptors (Lipinski definition) is 4. The van der Waals surface area contributed by atoms with Gasteiger partial charge in [-0.1, -0.05) is 0 Å². The number of hydrogen-bond donors (Lipinski definition) is 2. The second kappa shape index (κ2) is 5.10. The standard InChI is InChI=1S/C13H23N3O2/c1-12(2,3)16-8-7-14-10(11(16)18)15-13(4,5)6-9-17/h7-8,17H,6,9H2,1-5H3,(H,14,15). The fourth-order valence-corrected chi connectivity index (χ4v) is 1.69. The molecular weight excluding hydrogens is 230 g/mol. The molecule has 2 N–H and O–H groups in total. The predicted molar refractivity (Wildman–Crippen MR) is 72.9 cm³/mol. The Bertz CT molecular complexity index is 458. The van der Waals surface area contributed by atoms with Gasteiger partial charge in [0, 0.05) is 30.1 Å². The van der Waals surface area contributed by atoms with Crippen LogP contribution in [0, 0.1) is 0 Å². The van der Waals surface area contributed by atoms with E-state index in [9.17, 15) is 4.79 Å². The molecule has 5 heteroatoms. The lowest BCUT2D eigenvalue weighted by molar-refractivity contribution is 0.260. The van der Waals surface area contributed by atoms with Crippen LogP contribution in [-0.2, 0) is 5.54 Å². The van der Waals surface area contributed by atoms with Gasteiger partial charge in [0.05, 0.1) is 0 Å². The van der Waals surface area contributed by atoms with E-state index in [1.807, 2.05) is 34.6 Å². The Morgan fingerprint density at radius 2 is 1.94 bits per heavy atom. The van der Waals surface area contributed by atoms with Gasteiger partial charge in [-0.3, -0.25) is 4.79 Å². The Hall–Kier alpha value is -1.36. The van der Waals surface area contributed by atoms with E-state index < -0.39 is 0 Å². The van der Waals surface area contributed by atoms with Crippen molar-refractivity contribution in [3.8, 4) is 0 Å². The Morgan fingerprint density at radius 3 is 2.44 bits per heavy atom. The molecule has 0 aromatic carbocycles. The highest BCUT2D eigenvalue weighted by atomic mass is 16.3. The Morgan fingerprint density at radius 1 is 1.33 bits per heavy atom. The van der Waals surface area contributed by atoms with Gasteiger partial charge in [0.1, 0.15) is 0 Å². The molecule has 18 heavy (non-hydrogen) atoms. The fraction of sp³-hybridized carbons (Fsp3) is 0.692. The summed E-state index contributed by atoms with van der Waals surface area (Å²) in [6.07, 6.45) is 3.86. The minimum absolute atomic E-state index is 0.0697. The van der Waals surface area contributed by atoms with Gasteiger partial charge in [-0.25, -0.2) is 4.98 Å².